The normalized spacial score (nSPS) is 14.8. The first kappa shape index (κ1) is 27.2. The van der Waals surface area contributed by atoms with Gasteiger partial charge in [-0.25, -0.2) is 0 Å². The minimum Gasteiger partial charge on any atom is -1.00 e. The smallest absolute Gasteiger partial charge is 0.240 e. The highest BCUT2D eigenvalue weighted by Crippen LogP contribution is 2.34. The second-order valence-electron chi connectivity index (χ2n) is 8.13. The van der Waals surface area contributed by atoms with E-state index >= 15 is 0 Å². The number of para-hydroxylation sites is 1. The van der Waals surface area contributed by atoms with Crippen molar-refractivity contribution in [3.63, 3.8) is 0 Å². The summed E-state index contributed by atoms with van der Waals surface area (Å²) in [5.41, 5.74) is -0.328. The summed E-state index contributed by atoms with van der Waals surface area (Å²) in [7, 11) is 0. The number of hydrogen-bond acceptors (Lipinski definition) is 2. The van der Waals surface area contributed by atoms with E-state index in [1.54, 1.807) is 0 Å². The zero-order valence-electron chi connectivity index (χ0n) is 18.9. The molecule has 4 heteroatoms. The van der Waals surface area contributed by atoms with Crippen molar-refractivity contribution in [2.24, 2.45) is 0 Å². The fraction of sp³-hybridized carbons (Fsp3) is 0.750. The number of unbranched alkanes of at least 4 members (excludes halogenated alkanes) is 5. The molecule has 0 aromatic heterocycles. The third-order valence-corrected chi connectivity index (χ3v) is 6.32. The molecule has 0 amide bonds. The Kier molecular flexibility index (Phi) is 13.9. The molecule has 0 aliphatic heterocycles. The van der Waals surface area contributed by atoms with Crippen LogP contribution in [0, 0.1) is 0 Å². The van der Waals surface area contributed by atoms with Crippen LogP contribution >= 0.6 is 0 Å². The van der Waals surface area contributed by atoms with E-state index in [0.717, 1.165) is 42.7 Å². The SMILES string of the molecule is CCCCCCCCC(C)(Oc1ccccc1)[N+](CC)(CC)CC(O)CC.[Cl-]. The lowest BCUT2D eigenvalue weighted by molar-refractivity contribution is -0.993. The largest absolute Gasteiger partial charge is 1.00 e. The summed E-state index contributed by atoms with van der Waals surface area (Å²) >= 11 is 0. The molecule has 2 atom stereocenters. The van der Waals surface area contributed by atoms with Gasteiger partial charge in [0.25, 0.3) is 0 Å². The van der Waals surface area contributed by atoms with Crippen molar-refractivity contribution in [2.75, 3.05) is 19.6 Å². The molecule has 0 aliphatic rings. The molecule has 2 unspecified atom stereocenters. The van der Waals surface area contributed by atoms with E-state index in [1.165, 1.54) is 38.5 Å². The van der Waals surface area contributed by atoms with Crippen molar-refractivity contribution in [3.8, 4) is 5.75 Å². The Morgan fingerprint density at radius 2 is 1.50 bits per heavy atom. The molecule has 1 aromatic rings. The van der Waals surface area contributed by atoms with Crippen LogP contribution in [-0.4, -0.2) is 41.1 Å². The Morgan fingerprint density at radius 1 is 0.929 bits per heavy atom. The Labute approximate surface area is 180 Å². The maximum atomic E-state index is 10.5. The molecule has 0 saturated heterocycles. The zero-order valence-corrected chi connectivity index (χ0v) is 19.7. The Bertz CT molecular complexity index is 493. The summed E-state index contributed by atoms with van der Waals surface area (Å²) in [6, 6.07) is 10.2. The van der Waals surface area contributed by atoms with Gasteiger partial charge in [-0.1, -0.05) is 64.2 Å². The first-order chi connectivity index (χ1) is 13.0. The van der Waals surface area contributed by atoms with Crippen LogP contribution in [0.15, 0.2) is 30.3 Å². The van der Waals surface area contributed by atoms with Crippen LogP contribution < -0.4 is 17.1 Å². The quantitative estimate of drug-likeness (QED) is 0.272. The van der Waals surface area contributed by atoms with Gasteiger partial charge in [-0.05, 0) is 38.8 Å². The highest BCUT2D eigenvalue weighted by Gasteiger charge is 2.48. The Balaban J connectivity index is 0.00000729. The third-order valence-electron chi connectivity index (χ3n) is 6.32. The van der Waals surface area contributed by atoms with Gasteiger partial charge < -0.3 is 22.3 Å². The van der Waals surface area contributed by atoms with Gasteiger partial charge in [-0.15, -0.1) is 0 Å². The zero-order chi connectivity index (χ0) is 20.2. The van der Waals surface area contributed by atoms with E-state index in [0.29, 0.717) is 0 Å². The van der Waals surface area contributed by atoms with Crippen molar-refractivity contribution < 1.29 is 26.7 Å². The first-order valence-corrected chi connectivity index (χ1v) is 11.2. The first-order valence-electron chi connectivity index (χ1n) is 11.2. The maximum absolute atomic E-state index is 10.5. The highest BCUT2D eigenvalue weighted by molar-refractivity contribution is 5.21. The average Bonchev–Trinajstić information content (AvgIpc) is 2.69. The molecule has 3 nitrogen and oxygen atoms in total. The van der Waals surface area contributed by atoms with Crippen LogP contribution in [0.4, 0.5) is 0 Å². The molecule has 0 aliphatic carbocycles. The van der Waals surface area contributed by atoms with Crippen molar-refractivity contribution in [3.05, 3.63) is 30.3 Å². The van der Waals surface area contributed by atoms with Gasteiger partial charge in [-0.3, -0.25) is 4.48 Å². The minimum atomic E-state index is -0.328. The number of likely N-dealkylation sites (N-methyl/N-ethyl adjacent to an activating group) is 1. The average molecular weight is 414 g/mol. The summed E-state index contributed by atoms with van der Waals surface area (Å²) in [5.74, 6) is 0.932. The van der Waals surface area contributed by atoms with Gasteiger partial charge >= 0.3 is 0 Å². The molecule has 0 radical (unpaired) electrons. The van der Waals surface area contributed by atoms with Crippen molar-refractivity contribution >= 4 is 0 Å². The molecule has 0 heterocycles. The predicted molar refractivity (Wildman–Crippen MR) is 116 cm³/mol. The highest BCUT2D eigenvalue weighted by atomic mass is 35.5. The van der Waals surface area contributed by atoms with E-state index in [4.69, 9.17) is 4.74 Å². The fourth-order valence-corrected chi connectivity index (χ4v) is 4.24. The van der Waals surface area contributed by atoms with Crippen LogP contribution in [0.25, 0.3) is 0 Å². The summed E-state index contributed by atoms with van der Waals surface area (Å²) in [6.07, 6.45) is 9.23. The van der Waals surface area contributed by atoms with Gasteiger partial charge in [0.2, 0.25) is 5.72 Å². The summed E-state index contributed by atoms with van der Waals surface area (Å²) in [6.45, 7) is 13.7. The molecule has 0 saturated carbocycles. The maximum Gasteiger partial charge on any atom is 0.240 e. The lowest BCUT2D eigenvalue weighted by Crippen LogP contribution is -3.00. The molecule has 164 valence electrons. The van der Waals surface area contributed by atoms with Crippen LogP contribution in [0.2, 0.25) is 0 Å². The lowest BCUT2D eigenvalue weighted by Gasteiger charge is -2.51. The van der Waals surface area contributed by atoms with Gasteiger partial charge in [0, 0.05) is 13.3 Å². The number of aliphatic hydroxyl groups excluding tert-OH is 1. The molecule has 0 bridgehead atoms. The summed E-state index contributed by atoms with van der Waals surface area (Å²) in [4.78, 5) is 0. The predicted octanol–water partition coefficient (Wildman–Crippen LogP) is 3.16. The van der Waals surface area contributed by atoms with Gasteiger partial charge in [0.15, 0.2) is 0 Å². The van der Waals surface area contributed by atoms with Crippen molar-refractivity contribution in [1.82, 2.24) is 0 Å². The topological polar surface area (TPSA) is 29.5 Å². The Hall–Kier alpha value is -0.770. The van der Waals surface area contributed by atoms with E-state index in [1.807, 2.05) is 18.2 Å². The molecule has 0 spiro atoms. The lowest BCUT2D eigenvalue weighted by atomic mass is 9.98. The number of quaternary nitrogens is 1. The minimum absolute atomic E-state index is 0. The Morgan fingerprint density at radius 3 is 2.04 bits per heavy atom. The second-order valence-corrected chi connectivity index (χ2v) is 8.13. The molecule has 28 heavy (non-hydrogen) atoms. The standard InChI is InChI=1S/C24H44NO2.ClH/c1-6-10-11-12-13-17-20-24(5,27-23-18-15-14-16-19-23)25(8-3,9-4)21-22(26)7-2;/h14-16,18-19,22,26H,6-13,17,20-21H2,1-5H3;1H/q+1;/p-1. The molecule has 1 N–H and O–H groups in total. The monoisotopic (exact) mass is 413 g/mol. The second kappa shape index (κ2) is 14.3. The van der Waals surface area contributed by atoms with Crippen molar-refractivity contribution in [2.45, 2.75) is 97.8 Å². The molecule has 1 aromatic carbocycles. The van der Waals surface area contributed by atoms with E-state index in [-0.39, 0.29) is 24.2 Å². The number of halogens is 1. The van der Waals surface area contributed by atoms with Gasteiger partial charge in [0.05, 0.1) is 13.1 Å². The van der Waals surface area contributed by atoms with E-state index in [2.05, 4.69) is 46.8 Å². The van der Waals surface area contributed by atoms with Crippen LogP contribution in [-0.2, 0) is 0 Å². The molecule has 1 rings (SSSR count). The van der Waals surface area contributed by atoms with Gasteiger partial charge in [-0.2, -0.15) is 0 Å². The molecule has 0 fully saturated rings. The molecular formula is C24H44ClNO2. The molecular weight excluding hydrogens is 370 g/mol. The number of hydrogen-bond donors (Lipinski definition) is 1. The van der Waals surface area contributed by atoms with Crippen molar-refractivity contribution in [1.29, 1.82) is 0 Å². The van der Waals surface area contributed by atoms with Crippen LogP contribution in [0.3, 0.4) is 0 Å². The van der Waals surface area contributed by atoms with Crippen LogP contribution in [0.1, 0.15) is 86.0 Å². The van der Waals surface area contributed by atoms with E-state index in [9.17, 15) is 5.11 Å². The third kappa shape index (κ3) is 7.93. The number of aliphatic hydroxyl groups is 1. The fourth-order valence-electron chi connectivity index (χ4n) is 4.24. The van der Waals surface area contributed by atoms with E-state index < -0.39 is 0 Å². The number of benzene rings is 1. The number of nitrogens with zero attached hydrogens (tertiary/aromatic N) is 1. The van der Waals surface area contributed by atoms with Gasteiger partial charge in [0.1, 0.15) is 18.4 Å². The van der Waals surface area contributed by atoms with Crippen LogP contribution in [0.5, 0.6) is 5.75 Å². The summed E-state index contributed by atoms with van der Waals surface area (Å²) in [5, 5.41) is 10.5. The number of rotatable bonds is 15. The summed E-state index contributed by atoms with van der Waals surface area (Å²) < 4.78 is 7.48. The number of ether oxygens (including phenoxy) is 1.